The van der Waals surface area contributed by atoms with Crippen molar-refractivity contribution in [3.8, 4) is 0 Å². The lowest BCUT2D eigenvalue weighted by Gasteiger charge is -2.24. The van der Waals surface area contributed by atoms with E-state index in [1.54, 1.807) is 4.90 Å². The molecule has 0 atom stereocenters. The van der Waals surface area contributed by atoms with Gasteiger partial charge in [-0.2, -0.15) is 0 Å². The molecule has 0 saturated heterocycles. The molecule has 104 valence electrons. The number of halogens is 1. The Hall–Kier alpha value is -2.43. The van der Waals surface area contributed by atoms with Gasteiger partial charge in [0.1, 0.15) is 5.56 Å². The molecule has 0 bridgehead atoms. The number of aryl methyl sites for hydroxylation is 1. The fourth-order valence-corrected chi connectivity index (χ4v) is 2.09. The highest BCUT2D eigenvalue weighted by Crippen LogP contribution is 2.29. The van der Waals surface area contributed by atoms with Gasteiger partial charge < -0.3 is 10.0 Å². The van der Waals surface area contributed by atoms with Gasteiger partial charge in [0.15, 0.2) is 11.6 Å². The van der Waals surface area contributed by atoms with Crippen LogP contribution in [0.3, 0.4) is 0 Å². The Morgan fingerprint density at radius 3 is 2.65 bits per heavy atom. The maximum absolute atomic E-state index is 14.3. The molecule has 0 aliphatic carbocycles. The third kappa shape index (κ3) is 2.47. The van der Waals surface area contributed by atoms with Crippen molar-refractivity contribution in [3.63, 3.8) is 0 Å². The molecule has 5 heteroatoms. The average molecular weight is 274 g/mol. The zero-order chi connectivity index (χ0) is 14.7. The third-order valence-corrected chi connectivity index (χ3v) is 3.08. The van der Waals surface area contributed by atoms with E-state index in [4.69, 9.17) is 5.11 Å². The summed E-state index contributed by atoms with van der Waals surface area (Å²) in [6, 6.07) is 8.67. The van der Waals surface area contributed by atoms with E-state index >= 15 is 0 Å². The topological polar surface area (TPSA) is 53.4 Å². The number of carboxylic acid groups (broad SMARTS) is 1. The number of carboxylic acids is 1. The van der Waals surface area contributed by atoms with Gasteiger partial charge in [0.2, 0.25) is 0 Å². The summed E-state index contributed by atoms with van der Waals surface area (Å²) in [5.74, 6) is -2.08. The predicted molar refractivity (Wildman–Crippen MR) is 75.0 cm³/mol. The lowest BCUT2D eigenvalue weighted by atomic mass is 10.1. The number of nitrogens with zero attached hydrogens (tertiary/aromatic N) is 2. The maximum Gasteiger partial charge on any atom is 0.338 e. The molecule has 0 aliphatic heterocycles. The zero-order valence-electron chi connectivity index (χ0n) is 11.3. The van der Waals surface area contributed by atoms with Gasteiger partial charge in [-0.25, -0.2) is 14.2 Å². The zero-order valence-corrected chi connectivity index (χ0v) is 11.3. The van der Waals surface area contributed by atoms with Crippen LogP contribution in [0.25, 0.3) is 0 Å². The first-order valence-corrected chi connectivity index (χ1v) is 6.27. The Bertz CT molecular complexity index is 644. The number of benzene rings is 1. The van der Waals surface area contributed by atoms with Crippen molar-refractivity contribution >= 4 is 17.5 Å². The Morgan fingerprint density at radius 1 is 1.35 bits per heavy atom. The van der Waals surface area contributed by atoms with Crippen LogP contribution < -0.4 is 4.90 Å². The first-order chi connectivity index (χ1) is 9.56. The average Bonchev–Trinajstić information content (AvgIpc) is 2.43. The predicted octanol–water partition coefficient (Wildman–Crippen LogP) is 3.39. The molecule has 1 heterocycles. The Kier molecular flexibility index (Phi) is 3.98. The van der Waals surface area contributed by atoms with E-state index in [2.05, 4.69) is 4.98 Å². The van der Waals surface area contributed by atoms with E-state index in [-0.39, 0.29) is 11.4 Å². The molecule has 0 unspecified atom stereocenters. The summed E-state index contributed by atoms with van der Waals surface area (Å²) in [4.78, 5) is 16.7. The number of para-hydroxylation sites is 1. The number of hydrogen-bond donors (Lipinski definition) is 1. The van der Waals surface area contributed by atoms with E-state index < -0.39 is 11.8 Å². The van der Waals surface area contributed by atoms with Gasteiger partial charge in [-0.05, 0) is 31.5 Å². The first kappa shape index (κ1) is 14.0. The highest BCUT2D eigenvalue weighted by atomic mass is 19.1. The molecule has 2 rings (SSSR count). The monoisotopic (exact) mass is 274 g/mol. The van der Waals surface area contributed by atoms with Gasteiger partial charge in [0, 0.05) is 18.4 Å². The molecular weight excluding hydrogens is 259 g/mol. The Morgan fingerprint density at radius 2 is 2.05 bits per heavy atom. The second kappa shape index (κ2) is 5.69. The molecule has 0 spiro atoms. The van der Waals surface area contributed by atoms with Crippen LogP contribution in [0.5, 0.6) is 0 Å². The van der Waals surface area contributed by atoms with Crippen molar-refractivity contribution in [1.82, 2.24) is 4.98 Å². The van der Waals surface area contributed by atoms with Gasteiger partial charge in [-0.3, -0.25) is 0 Å². The molecule has 0 radical (unpaired) electrons. The number of anilines is 2. The summed E-state index contributed by atoms with van der Waals surface area (Å²) in [6.07, 6.45) is 1.31. The van der Waals surface area contributed by atoms with Gasteiger partial charge in [-0.15, -0.1) is 0 Å². The first-order valence-electron chi connectivity index (χ1n) is 6.27. The van der Waals surface area contributed by atoms with Crippen LogP contribution in [0.4, 0.5) is 15.9 Å². The van der Waals surface area contributed by atoms with E-state index in [1.165, 1.54) is 6.20 Å². The molecule has 1 N–H and O–H groups in total. The van der Waals surface area contributed by atoms with E-state index in [0.29, 0.717) is 6.54 Å². The Labute approximate surface area is 116 Å². The minimum atomic E-state index is -1.30. The fraction of sp³-hybridized carbons (Fsp3) is 0.200. The van der Waals surface area contributed by atoms with Crippen molar-refractivity contribution in [2.45, 2.75) is 13.8 Å². The van der Waals surface area contributed by atoms with Gasteiger partial charge >= 0.3 is 5.97 Å². The van der Waals surface area contributed by atoms with Crippen molar-refractivity contribution in [3.05, 3.63) is 53.5 Å². The second-order valence-corrected chi connectivity index (χ2v) is 4.33. The van der Waals surface area contributed by atoms with E-state index in [9.17, 15) is 9.18 Å². The largest absolute Gasteiger partial charge is 0.478 e. The van der Waals surface area contributed by atoms with Crippen LogP contribution in [0.15, 0.2) is 36.5 Å². The highest BCUT2D eigenvalue weighted by molar-refractivity contribution is 5.89. The second-order valence-electron chi connectivity index (χ2n) is 4.33. The van der Waals surface area contributed by atoms with Crippen LogP contribution in [0, 0.1) is 12.7 Å². The minimum Gasteiger partial charge on any atom is -0.478 e. The summed E-state index contributed by atoms with van der Waals surface area (Å²) in [7, 11) is 0. The lowest BCUT2D eigenvalue weighted by Crippen LogP contribution is -2.21. The van der Waals surface area contributed by atoms with Crippen LogP contribution in [-0.2, 0) is 0 Å². The van der Waals surface area contributed by atoms with Crippen LogP contribution in [0.1, 0.15) is 22.8 Å². The van der Waals surface area contributed by atoms with Crippen LogP contribution in [-0.4, -0.2) is 22.6 Å². The minimum absolute atomic E-state index is 0.0294. The molecule has 1 aromatic heterocycles. The molecular formula is C15H15FN2O2. The fourth-order valence-electron chi connectivity index (χ4n) is 2.09. The molecule has 2 aromatic rings. The van der Waals surface area contributed by atoms with E-state index in [0.717, 1.165) is 17.3 Å². The normalized spacial score (nSPS) is 10.3. The SMILES string of the molecule is CCN(c1ccccc1C)c1nccc(C(=O)O)c1F. The lowest BCUT2D eigenvalue weighted by molar-refractivity contribution is 0.0692. The van der Waals surface area contributed by atoms with E-state index in [1.807, 2.05) is 38.1 Å². The van der Waals surface area contributed by atoms with Crippen LogP contribution >= 0.6 is 0 Å². The summed E-state index contributed by atoms with van der Waals surface area (Å²) in [5.41, 5.74) is 1.40. The maximum atomic E-state index is 14.3. The number of aromatic carboxylic acids is 1. The molecule has 1 aromatic carbocycles. The van der Waals surface area contributed by atoms with Crippen molar-refractivity contribution in [1.29, 1.82) is 0 Å². The molecule has 0 fully saturated rings. The smallest absolute Gasteiger partial charge is 0.338 e. The third-order valence-electron chi connectivity index (χ3n) is 3.08. The van der Waals surface area contributed by atoms with Crippen molar-refractivity contribution in [2.24, 2.45) is 0 Å². The molecule has 0 amide bonds. The molecule has 4 nitrogen and oxygen atoms in total. The summed E-state index contributed by atoms with van der Waals surface area (Å²) < 4.78 is 14.3. The van der Waals surface area contributed by atoms with Crippen LogP contribution in [0.2, 0.25) is 0 Å². The Balaban J connectivity index is 2.56. The van der Waals surface area contributed by atoms with Gasteiger partial charge in [-0.1, -0.05) is 18.2 Å². The number of rotatable bonds is 4. The highest BCUT2D eigenvalue weighted by Gasteiger charge is 2.20. The molecule has 20 heavy (non-hydrogen) atoms. The molecule has 0 aliphatic rings. The summed E-state index contributed by atoms with van der Waals surface area (Å²) in [6.45, 7) is 4.26. The van der Waals surface area contributed by atoms with Crippen molar-refractivity contribution < 1.29 is 14.3 Å². The number of hydrogen-bond acceptors (Lipinski definition) is 3. The van der Waals surface area contributed by atoms with Gasteiger partial charge in [0.05, 0.1) is 0 Å². The number of pyridine rings is 1. The van der Waals surface area contributed by atoms with Gasteiger partial charge in [0.25, 0.3) is 0 Å². The quantitative estimate of drug-likeness (QED) is 0.928. The summed E-state index contributed by atoms with van der Waals surface area (Å²) in [5, 5.41) is 8.98. The van der Waals surface area contributed by atoms with Crippen molar-refractivity contribution in [2.75, 3.05) is 11.4 Å². The summed E-state index contributed by atoms with van der Waals surface area (Å²) >= 11 is 0. The standard InChI is InChI=1S/C15H15FN2O2/c1-3-18(12-7-5-4-6-10(12)2)14-13(16)11(15(19)20)8-9-17-14/h4-9H,3H2,1-2H3,(H,19,20). The number of carbonyl (C=O) groups is 1. The molecule has 0 saturated carbocycles. The number of aromatic nitrogens is 1.